The summed E-state index contributed by atoms with van der Waals surface area (Å²) in [7, 11) is 1.29. The molecule has 0 fully saturated rings. The number of nitrogens with one attached hydrogen (secondary N) is 1. The van der Waals surface area contributed by atoms with Gasteiger partial charge >= 0.3 is 5.69 Å². The van der Waals surface area contributed by atoms with Gasteiger partial charge in [-0.3, -0.25) is 10.1 Å². The van der Waals surface area contributed by atoms with Gasteiger partial charge in [-0.25, -0.2) is 4.39 Å². The minimum atomic E-state index is -0.710. The van der Waals surface area contributed by atoms with Crippen molar-refractivity contribution in [3.8, 4) is 5.75 Å². The molecule has 1 unspecified atom stereocenters. The summed E-state index contributed by atoms with van der Waals surface area (Å²) in [6.07, 6.45) is 0. The fourth-order valence-electron chi connectivity index (χ4n) is 1.26. The zero-order valence-electron chi connectivity index (χ0n) is 9.57. The monoisotopic (exact) mass is 243 g/mol. The Hall–Kier alpha value is -1.89. The molecule has 0 saturated heterocycles. The quantitative estimate of drug-likeness (QED) is 0.604. The van der Waals surface area contributed by atoms with Crippen LogP contribution in [-0.2, 0) is 0 Å². The highest BCUT2D eigenvalue weighted by Gasteiger charge is 2.19. The number of benzene rings is 1. The summed E-state index contributed by atoms with van der Waals surface area (Å²) in [6.45, 7) is 2.12. The lowest BCUT2D eigenvalue weighted by atomic mass is 10.2. The zero-order chi connectivity index (χ0) is 13.0. The average molecular weight is 243 g/mol. The molecule has 1 aromatic rings. The molecule has 6 nitrogen and oxygen atoms in total. The highest BCUT2D eigenvalue weighted by Crippen LogP contribution is 2.32. The van der Waals surface area contributed by atoms with Crippen molar-refractivity contribution < 1.29 is 14.1 Å². The molecule has 17 heavy (non-hydrogen) atoms. The Balaban J connectivity index is 3.04. The number of hydrogen-bond donors (Lipinski definition) is 2. The number of nitro groups is 1. The zero-order valence-corrected chi connectivity index (χ0v) is 9.57. The molecule has 0 aliphatic carbocycles. The maximum absolute atomic E-state index is 13.5. The first-order valence-corrected chi connectivity index (χ1v) is 4.97. The topological polar surface area (TPSA) is 90.4 Å². The van der Waals surface area contributed by atoms with E-state index in [0.717, 1.165) is 6.07 Å². The normalized spacial score (nSPS) is 12.0. The van der Waals surface area contributed by atoms with Crippen molar-refractivity contribution >= 4 is 11.4 Å². The van der Waals surface area contributed by atoms with E-state index >= 15 is 0 Å². The van der Waals surface area contributed by atoms with Crippen LogP contribution < -0.4 is 15.8 Å². The molecule has 94 valence electrons. The number of nitrogens with zero attached hydrogens (tertiary/aromatic N) is 1. The third kappa shape index (κ3) is 3.28. The smallest absolute Gasteiger partial charge is 0.313 e. The SMILES string of the molecule is COc1cc(NCC(C)N)c(F)cc1[N+](=O)[O-]. The van der Waals surface area contributed by atoms with Crippen LogP contribution in [0.4, 0.5) is 15.8 Å². The maximum Gasteiger partial charge on any atom is 0.313 e. The van der Waals surface area contributed by atoms with Crippen LogP contribution >= 0.6 is 0 Å². The molecule has 0 aliphatic rings. The van der Waals surface area contributed by atoms with Crippen molar-refractivity contribution in [3.05, 3.63) is 28.1 Å². The number of hydrogen-bond acceptors (Lipinski definition) is 5. The van der Waals surface area contributed by atoms with Gasteiger partial charge in [-0.2, -0.15) is 0 Å². The van der Waals surface area contributed by atoms with E-state index < -0.39 is 16.4 Å². The van der Waals surface area contributed by atoms with Gasteiger partial charge in [0.1, 0.15) is 0 Å². The minimum Gasteiger partial charge on any atom is -0.490 e. The molecule has 1 atom stereocenters. The molecule has 3 N–H and O–H groups in total. The van der Waals surface area contributed by atoms with E-state index in [1.807, 2.05) is 0 Å². The Morgan fingerprint density at radius 3 is 2.76 bits per heavy atom. The van der Waals surface area contributed by atoms with E-state index in [9.17, 15) is 14.5 Å². The number of methoxy groups -OCH3 is 1. The van der Waals surface area contributed by atoms with Crippen molar-refractivity contribution in [2.45, 2.75) is 13.0 Å². The van der Waals surface area contributed by atoms with Crippen LogP contribution in [0, 0.1) is 15.9 Å². The molecule has 0 amide bonds. The Morgan fingerprint density at radius 2 is 2.29 bits per heavy atom. The van der Waals surface area contributed by atoms with Gasteiger partial charge in [-0.15, -0.1) is 0 Å². The van der Waals surface area contributed by atoms with E-state index in [2.05, 4.69) is 5.32 Å². The molecule has 0 saturated carbocycles. The Bertz CT molecular complexity index is 424. The first-order valence-electron chi connectivity index (χ1n) is 4.97. The predicted octanol–water partition coefficient (Wildman–Crippen LogP) is 1.50. The summed E-state index contributed by atoms with van der Waals surface area (Å²) >= 11 is 0. The largest absolute Gasteiger partial charge is 0.490 e. The highest BCUT2D eigenvalue weighted by atomic mass is 19.1. The van der Waals surface area contributed by atoms with Gasteiger partial charge in [-0.1, -0.05) is 0 Å². The van der Waals surface area contributed by atoms with Gasteiger partial charge in [0.25, 0.3) is 0 Å². The minimum absolute atomic E-state index is 0.00331. The molecule has 0 bridgehead atoms. The average Bonchev–Trinajstić information content (AvgIpc) is 2.26. The van der Waals surface area contributed by atoms with Crippen LogP contribution in [-0.4, -0.2) is 24.6 Å². The highest BCUT2D eigenvalue weighted by molar-refractivity contribution is 5.59. The van der Waals surface area contributed by atoms with E-state index in [1.54, 1.807) is 6.92 Å². The lowest BCUT2D eigenvalue weighted by molar-refractivity contribution is -0.385. The summed E-state index contributed by atoms with van der Waals surface area (Å²) in [5.74, 6) is -0.707. The standard InChI is InChI=1S/C10H14FN3O3/c1-6(12)5-13-8-4-10(17-2)9(14(15)16)3-7(8)11/h3-4,6,13H,5,12H2,1-2H3. The predicted molar refractivity (Wildman–Crippen MR) is 61.7 cm³/mol. The summed E-state index contributed by atoms with van der Waals surface area (Å²) in [4.78, 5) is 9.93. The van der Waals surface area contributed by atoms with Crippen LogP contribution in [0.3, 0.4) is 0 Å². The molecule has 1 aromatic carbocycles. The Labute approximate surface area is 97.7 Å². The first-order chi connectivity index (χ1) is 7.95. The number of anilines is 1. The van der Waals surface area contributed by atoms with Crippen molar-refractivity contribution in [2.24, 2.45) is 5.73 Å². The lowest BCUT2D eigenvalue weighted by Gasteiger charge is -2.11. The lowest BCUT2D eigenvalue weighted by Crippen LogP contribution is -2.25. The van der Waals surface area contributed by atoms with Gasteiger partial charge in [0.2, 0.25) is 0 Å². The van der Waals surface area contributed by atoms with Crippen molar-refractivity contribution in [1.29, 1.82) is 0 Å². The van der Waals surface area contributed by atoms with Crippen molar-refractivity contribution in [1.82, 2.24) is 0 Å². The molecule has 7 heteroatoms. The van der Waals surface area contributed by atoms with E-state index in [-0.39, 0.29) is 17.5 Å². The first kappa shape index (κ1) is 13.2. The summed E-state index contributed by atoms with van der Waals surface area (Å²) in [5.41, 5.74) is 5.24. The number of ether oxygens (including phenoxy) is 1. The molecular formula is C10H14FN3O3. The molecule has 0 heterocycles. The van der Waals surface area contributed by atoms with Crippen LogP contribution in [0.25, 0.3) is 0 Å². The summed E-state index contributed by atoms with van der Waals surface area (Å²) in [5, 5.41) is 13.4. The van der Waals surface area contributed by atoms with Crippen LogP contribution in [0.5, 0.6) is 5.75 Å². The molecular weight excluding hydrogens is 229 g/mol. The van der Waals surface area contributed by atoms with E-state index in [1.165, 1.54) is 13.2 Å². The molecule has 1 rings (SSSR count). The third-order valence-electron chi connectivity index (χ3n) is 2.08. The van der Waals surface area contributed by atoms with Crippen LogP contribution in [0.1, 0.15) is 6.92 Å². The summed E-state index contributed by atoms with van der Waals surface area (Å²) in [6, 6.07) is 1.91. The van der Waals surface area contributed by atoms with Gasteiger partial charge in [0.05, 0.1) is 23.8 Å². The van der Waals surface area contributed by atoms with Crippen molar-refractivity contribution in [3.63, 3.8) is 0 Å². The second-order valence-electron chi connectivity index (χ2n) is 3.62. The fraction of sp³-hybridized carbons (Fsp3) is 0.400. The van der Waals surface area contributed by atoms with E-state index in [0.29, 0.717) is 6.54 Å². The maximum atomic E-state index is 13.5. The van der Waals surface area contributed by atoms with Gasteiger partial charge in [-0.05, 0) is 6.92 Å². The third-order valence-corrected chi connectivity index (χ3v) is 2.08. The van der Waals surface area contributed by atoms with Gasteiger partial charge in [0, 0.05) is 18.7 Å². The molecule has 0 radical (unpaired) electrons. The summed E-state index contributed by atoms with van der Waals surface area (Å²) < 4.78 is 18.3. The molecule has 0 aromatic heterocycles. The fourth-order valence-corrected chi connectivity index (χ4v) is 1.26. The van der Waals surface area contributed by atoms with Crippen molar-refractivity contribution in [2.75, 3.05) is 19.0 Å². The Morgan fingerprint density at radius 1 is 1.65 bits per heavy atom. The van der Waals surface area contributed by atoms with E-state index in [4.69, 9.17) is 10.5 Å². The molecule has 0 spiro atoms. The molecule has 0 aliphatic heterocycles. The van der Waals surface area contributed by atoms with Gasteiger partial charge < -0.3 is 15.8 Å². The van der Waals surface area contributed by atoms with Crippen LogP contribution in [0.15, 0.2) is 12.1 Å². The number of rotatable bonds is 5. The number of nitro benzene ring substituents is 1. The van der Waals surface area contributed by atoms with Crippen LogP contribution in [0.2, 0.25) is 0 Å². The number of nitrogens with two attached hydrogens (primary N) is 1. The number of halogens is 1. The van der Waals surface area contributed by atoms with Gasteiger partial charge in [0.15, 0.2) is 11.6 Å². The second kappa shape index (κ2) is 5.44. The Kier molecular flexibility index (Phi) is 4.22. The second-order valence-corrected chi connectivity index (χ2v) is 3.62.